The Balaban J connectivity index is 2.08. The third-order valence-electron chi connectivity index (χ3n) is 4.54. The largest absolute Gasteiger partial charge is 0.345 e. The molecule has 1 aromatic rings. The molecule has 1 aliphatic heterocycles. The molecule has 4 nitrogen and oxygen atoms in total. The molecule has 132 valence electrons. The highest BCUT2D eigenvalue weighted by atomic mass is 32.2. The standard InChI is InChI=1S/C19H28N2O2S/c1-15(22)20-18(11-13-24-2)19(23)21-12-7-6-10-17(14-21)16-8-4-3-5-9-16/h3-5,8-9,17-18H,6-7,10-14H2,1-2H3,(H,20,22). The Hall–Kier alpha value is -1.49. The molecule has 0 radical (unpaired) electrons. The highest BCUT2D eigenvalue weighted by Crippen LogP contribution is 2.26. The zero-order chi connectivity index (χ0) is 17.4. The predicted octanol–water partition coefficient (Wildman–Crippen LogP) is 3.04. The van der Waals surface area contributed by atoms with Crippen molar-refractivity contribution in [1.29, 1.82) is 0 Å². The van der Waals surface area contributed by atoms with E-state index in [0.29, 0.717) is 12.3 Å². The van der Waals surface area contributed by atoms with Gasteiger partial charge in [-0.2, -0.15) is 11.8 Å². The van der Waals surface area contributed by atoms with Gasteiger partial charge in [-0.05, 0) is 36.8 Å². The van der Waals surface area contributed by atoms with Gasteiger partial charge in [-0.3, -0.25) is 9.59 Å². The Morgan fingerprint density at radius 1 is 1.29 bits per heavy atom. The van der Waals surface area contributed by atoms with E-state index in [9.17, 15) is 9.59 Å². The van der Waals surface area contributed by atoms with E-state index in [4.69, 9.17) is 0 Å². The number of nitrogens with zero attached hydrogens (tertiary/aromatic N) is 1. The van der Waals surface area contributed by atoms with Crippen LogP contribution in [0.3, 0.4) is 0 Å². The van der Waals surface area contributed by atoms with E-state index in [1.807, 2.05) is 17.2 Å². The number of benzene rings is 1. The fraction of sp³-hybridized carbons (Fsp3) is 0.579. The van der Waals surface area contributed by atoms with Gasteiger partial charge in [-0.1, -0.05) is 36.8 Å². The van der Waals surface area contributed by atoms with Crippen LogP contribution in [0.15, 0.2) is 30.3 Å². The molecule has 1 fully saturated rings. The first-order valence-electron chi connectivity index (χ1n) is 8.71. The lowest BCUT2D eigenvalue weighted by Crippen LogP contribution is -2.49. The zero-order valence-corrected chi connectivity index (χ0v) is 15.5. The molecular formula is C19H28N2O2S. The van der Waals surface area contributed by atoms with Crippen LogP contribution in [0.25, 0.3) is 0 Å². The molecule has 24 heavy (non-hydrogen) atoms. The van der Waals surface area contributed by atoms with Crippen LogP contribution in [0.4, 0.5) is 0 Å². The lowest BCUT2D eigenvalue weighted by Gasteiger charge is -2.29. The Labute approximate surface area is 149 Å². The summed E-state index contributed by atoms with van der Waals surface area (Å²) in [4.78, 5) is 26.4. The molecule has 1 saturated heterocycles. The van der Waals surface area contributed by atoms with Crippen LogP contribution in [0, 0.1) is 0 Å². The van der Waals surface area contributed by atoms with Gasteiger partial charge in [0.25, 0.3) is 0 Å². The maximum atomic E-state index is 13.0. The number of carbonyl (C=O) groups is 2. The third-order valence-corrected chi connectivity index (χ3v) is 5.18. The van der Waals surface area contributed by atoms with Crippen molar-refractivity contribution in [2.24, 2.45) is 0 Å². The van der Waals surface area contributed by atoms with Gasteiger partial charge >= 0.3 is 0 Å². The number of likely N-dealkylation sites (tertiary alicyclic amines) is 1. The summed E-state index contributed by atoms with van der Waals surface area (Å²) >= 11 is 1.70. The van der Waals surface area contributed by atoms with Gasteiger partial charge in [0.2, 0.25) is 11.8 Å². The van der Waals surface area contributed by atoms with Crippen LogP contribution in [0.1, 0.15) is 44.1 Å². The summed E-state index contributed by atoms with van der Waals surface area (Å²) in [5.41, 5.74) is 1.30. The van der Waals surface area contributed by atoms with E-state index in [1.54, 1.807) is 11.8 Å². The van der Waals surface area contributed by atoms with Gasteiger partial charge in [0.05, 0.1) is 0 Å². The van der Waals surface area contributed by atoms with Crippen LogP contribution in [0.5, 0.6) is 0 Å². The number of rotatable bonds is 6. The summed E-state index contributed by atoms with van der Waals surface area (Å²) < 4.78 is 0. The van der Waals surface area contributed by atoms with Gasteiger partial charge < -0.3 is 10.2 Å². The Morgan fingerprint density at radius 2 is 2.04 bits per heavy atom. The number of thioether (sulfide) groups is 1. The van der Waals surface area contributed by atoms with Crippen molar-refractivity contribution in [3.05, 3.63) is 35.9 Å². The van der Waals surface area contributed by atoms with Gasteiger partial charge in [-0.15, -0.1) is 0 Å². The van der Waals surface area contributed by atoms with Gasteiger partial charge in [0, 0.05) is 25.9 Å². The summed E-state index contributed by atoms with van der Waals surface area (Å²) in [7, 11) is 0. The van der Waals surface area contributed by atoms with Gasteiger partial charge in [0.15, 0.2) is 0 Å². The van der Waals surface area contributed by atoms with Crippen LogP contribution in [-0.2, 0) is 9.59 Å². The van der Waals surface area contributed by atoms with Crippen LogP contribution < -0.4 is 5.32 Å². The highest BCUT2D eigenvalue weighted by molar-refractivity contribution is 7.98. The van der Waals surface area contributed by atoms with E-state index in [1.165, 1.54) is 12.5 Å². The second kappa shape index (κ2) is 9.72. The molecule has 1 heterocycles. The quantitative estimate of drug-likeness (QED) is 0.860. The number of hydrogen-bond donors (Lipinski definition) is 1. The molecule has 0 saturated carbocycles. The average molecular weight is 349 g/mol. The minimum absolute atomic E-state index is 0.0714. The average Bonchev–Trinajstić information content (AvgIpc) is 2.84. The molecule has 0 aliphatic carbocycles. The summed E-state index contributed by atoms with van der Waals surface area (Å²) in [5, 5.41) is 2.84. The normalized spacial score (nSPS) is 19.4. The number of hydrogen-bond acceptors (Lipinski definition) is 3. The number of amides is 2. The Bertz CT molecular complexity index is 535. The fourth-order valence-electron chi connectivity index (χ4n) is 3.30. The molecule has 2 atom stereocenters. The molecule has 1 aromatic carbocycles. The van der Waals surface area contributed by atoms with Gasteiger partial charge in [-0.25, -0.2) is 0 Å². The van der Waals surface area contributed by atoms with Gasteiger partial charge in [0.1, 0.15) is 6.04 Å². The molecule has 2 rings (SSSR count). The van der Waals surface area contributed by atoms with Crippen LogP contribution >= 0.6 is 11.8 Å². The molecule has 1 N–H and O–H groups in total. The van der Waals surface area contributed by atoms with Crippen LogP contribution in [0.2, 0.25) is 0 Å². The molecular weight excluding hydrogens is 320 g/mol. The molecule has 2 unspecified atom stereocenters. The maximum absolute atomic E-state index is 13.0. The summed E-state index contributed by atoms with van der Waals surface area (Å²) in [6.45, 7) is 3.02. The maximum Gasteiger partial charge on any atom is 0.245 e. The minimum atomic E-state index is -0.399. The molecule has 0 bridgehead atoms. The first-order valence-corrected chi connectivity index (χ1v) is 10.1. The molecule has 2 amide bonds. The van der Waals surface area contributed by atoms with Crippen LogP contribution in [-0.4, -0.2) is 47.9 Å². The Kier molecular flexibility index (Phi) is 7.63. The van der Waals surface area contributed by atoms with Crippen molar-refractivity contribution in [2.45, 2.75) is 44.6 Å². The molecule has 5 heteroatoms. The third kappa shape index (κ3) is 5.55. The minimum Gasteiger partial charge on any atom is -0.345 e. The zero-order valence-electron chi connectivity index (χ0n) is 14.7. The summed E-state index contributed by atoms with van der Waals surface area (Å²) in [5.74, 6) is 1.19. The van der Waals surface area contributed by atoms with E-state index < -0.39 is 6.04 Å². The fourth-order valence-corrected chi connectivity index (χ4v) is 3.77. The summed E-state index contributed by atoms with van der Waals surface area (Å²) in [6.07, 6.45) is 5.99. The Morgan fingerprint density at radius 3 is 2.71 bits per heavy atom. The van der Waals surface area contributed by atoms with Crippen molar-refractivity contribution in [2.75, 3.05) is 25.1 Å². The van der Waals surface area contributed by atoms with Crippen molar-refractivity contribution < 1.29 is 9.59 Å². The first kappa shape index (κ1) is 18.8. The second-order valence-corrected chi connectivity index (χ2v) is 7.41. The topological polar surface area (TPSA) is 49.4 Å². The smallest absolute Gasteiger partial charge is 0.245 e. The lowest BCUT2D eigenvalue weighted by molar-refractivity contribution is -0.136. The highest BCUT2D eigenvalue weighted by Gasteiger charge is 2.28. The van der Waals surface area contributed by atoms with E-state index >= 15 is 0 Å². The second-order valence-electron chi connectivity index (χ2n) is 6.42. The molecule has 0 aromatic heterocycles. The van der Waals surface area contributed by atoms with Crippen molar-refractivity contribution in [3.63, 3.8) is 0 Å². The van der Waals surface area contributed by atoms with Crippen molar-refractivity contribution in [3.8, 4) is 0 Å². The van der Waals surface area contributed by atoms with E-state index in [2.05, 4.69) is 29.6 Å². The van der Waals surface area contributed by atoms with Crippen molar-refractivity contribution >= 4 is 23.6 Å². The predicted molar refractivity (Wildman–Crippen MR) is 100 cm³/mol. The first-order chi connectivity index (χ1) is 11.6. The number of carbonyl (C=O) groups excluding carboxylic acids is 2. The molecule has 1 aliphatic rings. The lowest BCUT2D eigenvalue weighted by atomic mass is 9.94. The SMILES string of the molecule is CSCCC(NC(C)=O)C(=O)N1CCCCC(c2ccccc2)C1. The summed E-state index contributed by atoms with van der Waals surface area (Å²) in [6, 6.07) is 10.0. The van der Waals surface area contributed by atoms with E-state index in [0.717, 1.165) is 38.1 Å². The monoisotopic (exact) mass is 348 g/mol. The van der Waals surface area contributed by atoms with E-state index in [-0.39, 0.29) is 11.8 Å². The molecule has 0 spiro atoms. The van der Waals surface area contributed by atoms with Crippen molar-refractivity contribution in [1.82, 2.24) is 10.2 Å². The number of nitrogens with one attached hydrogen (secondary N) is 1.